The van der Waals surface area contributed by atoms with E-state index in [0.29, 0.717) is 6.04 Å². The lowest BCUT2D eigenvalue weighted by atomic mass is 9.75. The number of benzene rings is 1. The molecule has 0 radical (unpaired) electrons. The first-order chi connectivity index (χ1) is 13.3. The van der Waals surface area contributed by atoms with Gasteiger partial charge >= 0.3 is 0 Å². The Bertz CT molecular complexity index is 760. The molecule has 144 valence electrons. The third-order valence-corrected chi connectivity index (χ3v) is 7.51. The fourth-order valence-electron chi connectivity index (χ4n) is 6.03. The van der Waals surface area contributed by atoms with Crippen molar-refractivity contribution in [2.24, 2.45) is 17.8 Å². The number of pyridine rings is 1. The molecule has 2 saturated carbocycles. The van der Waals surface area contributed by atoms with Gasteiger partial charge in [-0.25, -0.2) is 0 Å². The first-order valence-electron chi connectivity index (χ1n) is 11.2. The topological polar surface area (TPSA) is 28.2 Å². The van der Waals surface area contributed by atoms with Crippen LogP contribution in [0.25, 0.3) is 10.9 Å². The van der Waals surface area contributed by atoms with Crippen LogP contribution in [0.4, 0.5) is 5.69 Å². The number of anilines is 1. The molecule has 27 heavy (non-hydrogen) atoms. The summed E-state index contributed by atoms with van der Waals surface area (Å²) in [5.74, 6) is 3.13. The summed E-state index contributed by atoms with van der Waals surface area (Å²) in [4.78, 5) is 7.24. The molecule has 5 rings (SSSR count). The van der Waals surface area contributed by atoms with Crippen molar-refractivity contribution < 1.29 is 0 Å². The number of para-hydroxylation sites is 1. The Labute approximate surface area is 163 Å². The van der Waals surface area contributed by atoms with E-state index in [9.17, 15) is 0 Å². The smallest absolute Gasteiger partial charge is 0.0722 e. The maximum Gasteiger partial charge on any atom is 0.0722 e. The second kappa shape index (κ2) is 7.79. The van der Waals surface area contributed by atoms with Gasteiger partial charge in [0.25, 0.3) is 0 Å². The van der Waals surface area contributed by atoms with Gasteiger partial charge < -0.3 is 10.2 Å². The number of likely N-dealkylation sites (tertiary alicyclic amines) is 1. The van der Waals surface area contributed by atoms with E-state index >= 15 is 0 Å². The minimum Gasteiger partial charge on any atom is -0.382 e. The van der Waals surface area contributed by atoms with Gasteiger partial charge in [0.05, 0.1) is 5.52 Å². The van der Waals surface area contributed by atoms with E-state index in [-0.39, 0.29) is 0 Å². The summed E-state index contributed by atoms with van der Waals surface area (Å²) in [6, 6.07) is 11.2. The lowest BCUT2D eigenvalue weighted by molar-refractivity contribution is 0.132. The summed E-state index contributed by atoms with van der Waals surface area (Å²) in [5, 5.41) is 5.06. The van der Waals surface area contributed by atoms with E-state index in [0.717, 1.165) is 23.3 Å². The molecule has 1 saturated heterocycles. The van der Waals surface area contributed by atoms with Crippen molar-refractivity contribution in [2.45, 2.75) is 57.4 Å². The molecule has 0 amide bonds. The number of hydrogen-bond acceptors (Lipinski definition) is 3. The van der Waals surface area contributed by atoms with Crippen molar-refractivity contribution in [2.75, 3.05) is 25.0 Å². The van der Waals surface area contributed by atoms with Gasteiger partial charge in [0.15, 0.2) is 0 Å². The average Bonchev–Trinajstić information content (AvgIpc) is 3.18. The summed E-state index contributed by atoms with van der Waals surface area (Å²) >= 11 is 0. The van der Waals surface area contributed by atoms with Crippen molar-refractivity contribution >= 4 is 16.6 Å². The van der Waals surface area contributed by atoms with Gasteiger partial charge in [-0.05, 0) is 62.0 Å². The Hall–Kier alpha value is -1.61. The Balaban J connectivity index is 1.14. The molecule has 1 aromatic heterocycles. The minimum absolute atomic E-state index is 0.595. The van der Waals surface area contributed by atoms with Gasteiger partial charge in [0.1, 0.15) is 0 Å². The third-order valence-electron chi connectivity index (χ3n) is 7.51. The third kappa shape index (κ3) is 3.85. The summed E-state index contributed by atoms with van der Waals surface area (Å²) in [5.41, 5.74) is 2.33. The molecule has 3 heteroatoms. The first-order valence-corrected chi connectivity index (χ1v) is 11.2. The molecule has 3 fully saturated rings. The molecule has 3 atom stereocenters. The van der Waals surface area contributed by atoms with Gasteiger partial charge in [0, 0.05) is 42.9 Å². The molecule has 2 aromatic rings. The standard InChI is InChI=1S/C24H33N3/c1-2-7-23-22(6-1)24(10-13-25-23)26-21-11-14-27(15-12-21)17-18-8-9-19-4-3-5-20(19)16-18/h1-2,6-7,10,13,18-21H,3-5,8-9,11-12,14-17H2,(H,25,26). The number of piperidine rings is 1. The zero-order valence-corrected chi connectivity index (χ0v) is 16.4. The highest BCUT2D eigenvalue weighted by molar-refractivity contribution is 5.90. The highest BCUT2D eigenvalue weighted by atomic mass is 15.1. The summed E-state index contributed by atoms with van der Waals surface area (Å²) in [6.07, 6.45) is 13.5. The molecule has 1 aliphatic heterocycles. The molecule has 3 unspecified atom stereocenters. The molecule has 0 spiro atoms. The van der Waals surface area contributed by atoms with Crippen LogP contribution in [0.1, 0.15) is 51.4 Å². The highest BCUT2D eigenvalue weighted by Gasteiger charge is 2.34. The van der Waals surface area contributed by atoms with E-state index in [1.54, 1.807) is 0 Å². The average molecular weight is 364 g/mol. The number of nitrogens with zero attached hydrogens (tertiary/aromatic N) is 2. The zero-order valence-electron chi connectivity index (χ0n) is 16.4. The van der Waals surface area contributed by atoms with E-state index in [4.69, 9.17) is 0 Å². The second-order valence-corrected chi connectivity index (χ2v) is 9.23. The Morgan fingerprint density at radius 2 is 1.78 bits per heavy atom. The Morgan fingerprint density at radius 3 is 2.70 bits per heavy atom. The SMILES string of the molecule is c1ccc2c(NC3CCN(CC4CCC5CCCC5C4)CC3)ccnc2c1. The van der Waals surface area contributed by atoms with Crippen LogP contribution in [0, 0.1) is 17.8 Å². The van der Waals surface area contributed by atoms with Crippen LogP contribution in [-0.4, -0.2) is 35.6 Å². The summed E-state index contributed by atoms with van der Waals surface area (Å²) in [6.45, 7) is 3.87. The van der Waals surface area contributed by atoms with Gasteiger partial charge in [-0.1, -0.05) is 37.5 Å². The van der Waals surface area contributed by atoms with Crippen LogP contribution in [0.3, 0.4) is 0 Å². The Morgan fingerprint density at radius 1 is 0.926 bits per heavy atom. The fourth-order valence-corrected chi connectivity index (χ4v) is 6.03. The van der Waals surface area contributed by atoms with Crippen LogP contribution in [0.5, 0.6) is 0 Å². The molecule has 2 aliphatic carbocycles. The molecule has 0 bridgehead atoms. The number of nitrogens with one attached hydrogen (secondary N) is 1. The lowest BCUT2D eigenvalue weighted by Crippen LogP contribution is -2.42. The van der Waals surface area contributed by atoms with Crippen LogP contribution >= 0.6 is 0 Å². The van der Waals surface area contributed by atoms with E-state index < -0.39 is 0 Å². The van der Waals surface area contributed by atoms with Crippen LogP contribution in [-0.2, 0) is 0 Å². The number of aromatic nitrogens is 1. The van der Waals surface area contributed by atoms with Crippen molar-refractivity contribution in [3.63, 3.8) is 0 Å². The van der Waals surface area contributed by atoms with Gasteiger partial charge in [-0.15, -0.1) is 0 Å². The molecule has 2 heterocycles. The van der Waals surface area contributed by atoms with Crippen molar-refractivity contribution in [1.82, 2.24) is 9.88 Å². The zero-order chi connectivity index (χ0) is 18.1. The molecule has 1 aromatic carbocycles. The molecule has 3 nitrogen and oxygen atoms in total. The molecular weight excluding hydrogens is 330 g/mol. The normalized spacial score (nSPS) is 29.7. The lowest BCUT2D eigenvalue weighted by Gasteiger charge is -2.38. The van der Waals surface area contributed by atoms with Crippen LogP contribution in [0.2, 0.25) is 0 Å². The number of hydrogen-bond donors (Lipinski definition) is 1. The highest BCUT2D eigenvalue weighted by Crippen LogP contribution is 2.44. The molecular formula is C24H33N3. The number of rotatable bonds is 4. The summed E-state index contributed by atoms with van der Waals surface area (Å²) < 4.78 is 0. The fraction of sp³-hybridized carbons (Fsp3) is 0.625. The molecule has 1 N–H and O–H groups in total. The van der Waals surface area contributed by atoms with Crippen LogP contribution < -0.4 is 5.32 Å². The second-order valence-electron chi connectivity index (χ2n) is 9.23. The van der Waals surface area contributed by atoms with Crippen molar-refractivity contribution in [1.29, 1.82) is 0 Å². The van der Waals surface area contributed by atoms with Crippen molar-refractivity contribution in [3.05, 3.63) is 36.5 Å². The van der Waals surface area contributed by atoms with E-state index in [1.165, 1.54) is 82.1 Å². The summed E-state index contributed by atoms with van der Waals surface area (Å²) in [7, 11) is 0. The largest absolute Gasteiger partial charge is 0.382 e. The van der Waals surface area contributed by atoms with Crippen molar-refractivity contribution in [3.8, 4) is 0 Å². The maximum absolute atomic E-state index is 4.49. The molecule has 3 aliphatic rings. The number of fused-ring (bicyclic) bond motifs is 2. The van der Waals surface area contributed by atoms with Gasteiger partial charge in [-0.2, -0.15) is 0 Å². The van der Waals surface area contributed by atoms with Gasteiger partial charge in [-0.3, -0.25) is 4.98 Å². The maximum atomic E-state index is 4.49. The predicted molar refractivity (Wildman–Crippen MR) is 113 cm³/mol. The Kier molecular flexibility index (Phi) is 5.04. The monoisotopic (exact) mass is 363 g/mol. The quantitative estimate of drug-likeness (QED) is 0.796. The van der Waals surface area contributed by atoms with Gasteiger partial charge in [0.2, 0.25) is 0 Å². The van der Waals surface area contributed by atoms with Crippen LogP contribution in [0.15, 0.2) is 36.5 Å². The predicted octanol–water partition coefficient (Wildman–Crippen LogP) is 5.33. The first kappa shape index (κ1) is 17.5. The van der Waals surface area contributed by atoms with E-state index in [2.05, 4.69) is 45.5 Å². The minimum atomic E-state index is 0.595. The van der Waals surface area contributed by atoms with E-state index in [1.807, 2.05) is 6.20 Å².